The van der Waals surface area contributed by atoms with E-state index in [4.69, 9.17) is 14.5 Å². The van der Waals surface area contributed by atoms with Gasteiger partial charge < -0.3 is 24.8 Å². The number of hydrogen-bond donors (Lipinski definition) is 3. The number of hydrogen-bond acceptors (Lipinski definition) is 5. The molecule has 8 nitrogen and oxygen atoms in total. The molecule has 0 fully saturated rings. The van der Waals surface area contributed by atoms with Crippen molar-refractivity contribution in [3.05, 3.63) is 123 Å². The van der Waals surface area contributed by atoms with Gasteiger partial charge in [0.25, 0.3) is 0 Å². The molecule has 3 aliphatic rings. The van der Waals surface area contributed by atoms with E-state index in [9.17, 15) is 9.59 Å². The van der Waals surface area contributed by atoms with Crippen LogP contribution in [-0.2, 0) is 33.9 Å². The van der Waals surface area contributed by atoms with E-state index < -0.39 is 0 Å². The van der Waals surface area contributed by atoms with Gasteiger partial charge in [-0.05, 0) is 120 Å². The number of imidazole rings is 1. The summed E-state index contributed by atoms with van der Waals surface area (Å²) in [6, 6.07) is 26.9. The van der Waals surface area contributed by atoms with E-state index in [1.807, 2.05) is 91.8 Å². The number of rotatable bonds is 0. The summed E-state index contributed by atoms with van der Waals surface area (Å²) in [5, 5.41) is 2.93. The van der Waals surface area contributed by atoms with E-state index in [1.54, 1.807) is 0 Å². The summed E-state index contributed by atoms with van der Waals surface area (Å²) in [6.07, 6.45) is 5.06. The fourth-order valence-electron chi connectivity index (χ4n) is 7.30. The van der Waals surface area contributed by atoms with E-state index in [0.29, 0.717) is 13.2 Å². The van der Waals surface area contributed by atoms with E-state index in [1.165, 1.54) is 46.4 Å². The van der Waals surface area contributed by atoms with Crippen LogP contribution < -0.4 is 20.5 Å². The largest absolute Gasteiger partial charge is 0.454 e. The van der Waals surface area contributed by atoms with E-state index in [2.05, 4.69) is 141 Å². The molecule has 8 heteroatoms. The second-order valence-corrected chi connectivity index (χ2v) is 19.2. The monoisotopic (exact) mass is 893 g/mol. The van der Waals surface area contributed by atoms with Gasteiger partial charge in [-0.25, -0.2) is 4.79 Å². The smallest absolute Gasteiger partial charge is 0.323 e. The Morgan fingerprint density at radius 1 is 0.554 bits per heavy atom. The van der Waals surface area contributed by atoms with Gasteiger partial charge in [-0.1, -0.05) is 172 Å². The van der Waals surface area contributed by atoms with Crippen LogP contribution >= 0.6 is 0 Å². The first-order chi connectivity index (χ1) is 30.6. The molecule has 4 aromatic carbocycles. The first-order valence-electron chi connectivity index (χ1n) is 24.3. The zero-order chi connectivity index (χ0) is 49.8. The molecule has 3 heterocycles. The molecule has 1 aliphatic carbocycles. The lowest BCUT2D eigenvalue weighted by atomic mass is 9.81. The van der Waals surface area contributed by atoms with Crippen molar-refractivity contribution < 1.29 is 14.3 Å². The van der Waals surface area contributed by atoms with Crippen LogP contribution in [-0.4, -0.2) is 33.9 Å². The number of nitrogens with one attached hydrogen (secondary N) is 3. The quantitative estimate of drug-likeness (QED) is 0.144. The number of nitrogens with zero attached hydrogens (tertiary/aromatic N) is 1. The fraction of sp³-hybridized carbons (Fsp3) is 0.526. The number of carbonyl (C=O) groups is 1. The molecule has 1 aromatic heterocycles. The van der Waals surface area contributed by atoms with Crippen molar-refractivity contribution in [1.29, 1.82) is 0 Å². The summed E-state index contributed by atoms with van der Waals surface area (Å²) in [6.45, 7) is 42.4. The number of aromatic nitrogens is 2. The van der Waals surface area contributed by atoms with Crippen molar-refractivity contribution in [2.45, 2.75) is 192 Å². The number of anilines is 1. The third-order valence-electron chi connectivity index (χ3n) is 10.1. The van der Waals surface area contributed by atoms with Gasteiger partial charge in [0, 0.05) is 17.8 Å². The molecule has 0 saturated heterocycles. The summed E-state index contributed by atoms with van der Waals surface area (Å²) in [5.74, 6) is 1.86. The molecule has 0 spiro atoms. The van der Waals surface area contributed by atoms with Gasteiger partial charge in [0.1, 0.15) is 0 Å². The topological polar surface area (TPSA) is 109 Å². The minimum Gasteiger partial charge on any atom is -0.454 e. The van der Waals surface area contributed by atoms with Crippen LogP contribution in [0.5, 0.6) is 11.5 Å². The van der Waals surface area contributed by atoms with Crippen molar-refractivity contribution >= 4 is 28.3 Å². The SMILES string of the molecule is CC.CC.CC.CC.CC(C)(C)N=C1CCCc2ccccc21.CC(C)(C)c1ccc2c(c1)OCO2.CC(C)(C)c1cccc2[nH]c(=O)[nH]c12.CC(C)(C)c1cccc2c1CCC(=O)N2. The molecule has 5 aromatic rings. The number of amides is 1. The van der Waals surface area contributed by atoms with Crippen LogP contribution in [0.2, 0.25) is 0 Å². The summed E-state index contributed by atoms with van der Waals surface area (Å²) >= 11 is 0. The van der Waals surface area contributed by atoms with Crippen molar-refractivity contribution in [2.75, 3.05) is 12.1 Å². The van der Waals surface area contributed by atoms with E-state index in [-0.39, 0.29) is 33.4 Å². The number of aryl methyl sites for hydroxylation is 1. The summed E-state index contributed by atoms with van der Waals surface area (Å²) < 4.78 is 10.6. The minimum absolute atomic E-state index is 0.0415. The van der Waals surface area contributed by atoms with Crippen molar-refractivity contribution in [3.8, 4) is 11.5 Å². The first kappa shape index (κ1) is 57.9. The maximum Gasteiger partial charge on any atom is 0.323 e. The van der Waals surface area contributed by atoms with Crippen LogP contribution in [0.3, 0.4) is 0 Å². The molecule has 0 unspecified atom stereocenters. The fourth-order valence-corrected chi connectivity index (χ4v) is 7.30. The van der Waals surface area contributed by atoms with Gasteiger partial charge in [-0.3, -0.25) is 9.79 Å². The highest BCUT2D eigenvalue weighted by Crippen LogP contribution is 2.36. The number of ether oxygens (including phenoxy) is 2. The maximum atomic E-state index is 11.3. The lowest BCUT2D eigenvalue weighted by molar-refractivity contribution is -0.116. The Kier molecular flexibility index (Phi) is 23.8. The second kappa shape index (κ2) is 26.8. The third-order valence-corrected chi connectivity index (χ3v) is 10.1. The second-order valence-electron chi connectivity index (χ2n) is 19.2. The van der Waals surface area contributed by atoms with Crippen molar-refractivity contribution in [1.82, 2.24) is 9.97 Å². The standard InChI is InChI=1S/C14H19N.C13H17NO.C11H14N2O.C11H14O2.4C2H6/c1-14(2,3)15-13-10-6-8-11-7-4-5-9-12(11)13;1-13(2,3)10-5-4-6-11-9(10)7-8-12(15)14-11;1-11(2,3)7-5-4-6-8-9(7)13-10(14)12-8;1-11(2,3)8-4-5-9-10(6-8)13-7-12-9;4*1-2/h4-5,7,9H,6,8,10H2,1-3H3;4-6H,7-8H2,1-3H3,(H,14,15);4-6H,1-3H3,(H2,12,13,14);4-6H,7H2,1-3H3;4*1-2H3. The molecule has 3 N–H and O–H groups in total. The Hall–Kier alpha value is -5.11. The molecule has 360 valence electrons. The molecule has 8 rings (SSSR count). The van der Waals surface area contributed by atoms with Gasteiger partial charge in [0.15, 0.2) is 11.5 Å². The Morgan fingerprint density at radius 2 is 1.14 bits per heavy atom. The van der Waals surface area contributed by atoms with Crippen LogP contribution in [0.15, 0.2) is 88.6 Å². The third kappa shape index (κ3) is 18.0. The number of H-pyrrole nitrogens is 2. The number of para-hydroxylation sites is 1. The lowest BCUT2D eigenvalue weighted by Gasteiger charge is -2.27. The van der Waals surface area contributed by atoms with Gasteiger partial charge in [0.05, 0.1) is 16.6 Å². The maximum absolute atomic E-state index is 11.3. The Labute approximate surface area is 394 Å². The number of fused-ring (bicyclic) bond motifs is 4. The van der Waals surface area contributed by atoms with Gasteiger partial charge in [0.2, 0.25) is 12.7 Å². The average Bonchev–Trinajstić information content (AvgIpc) is 3.91. The molecule has 65 heavy (non-hydrogen) atoms. The molecular formula is C57H88N4O4. The summed E-state index contributed by atoms with van der Waals surface area (Å²) in [7, 11) is 0. The predicted octanol–water partition coefficient (Wildman–Crippen LogP) is 15.5. The summed E-state index contributed by atoms with van der Waals surface area (Å²) in [4.78, 5) is 32.8. The van der Waals surface area contributed by atoms with Gasteiger partial charge in [-0.2, -0.15) is 0 Å². The number of carbonyl (C=O) groups excluding carboxylic acids is 1. The van der Waals surface area contributed by atoms with Crippen LogP contribution in [0, 0.1) is 0 Å². The van der Waals surface area contributed by atoms with Gasteiger partial charge in [-0.15, -0.1) is 0 Å². The molecule has 0 radical (unpaired) electrons. The van der Waals surface area contributed by atoms with Crippen LogP contribution in [0.25, 0.3) is 11.0 Å². The highest BCUT2D eigenvalue weighted by Gasteiger charge is 2.24. The Balaban J connectivity index is 0.000000412. The average molecular weight is 893 g/mol. The zero-order valence-corrected chi connectivity index (χ0v) is 44.3. The van der Waals surface area contributed by atoms with Gasteiger partial charge >= 0.3 is 5.69 Å². The predicted molar refractivity (Wildman–Crippen MR) is 282 cm³/mol. The first-order valence-corrected chi connectivity index (χ1v) is 24.3. The lowest BCUT2D eigenvalue weighted by Crippen LogP contribution is -2.23. The summed E-state index contributed by atoms with van der Waals surface area (Å²) in [5.41, 5.74) is 12.3. The number of aromatic amines is 2. The normalized spacial score (nSPS) is 14.0. The van der Waals surface area contributed by atoms with E-state index in [0.717, 1.165) is 46.6 Å². The molecule has 0 bridgehead atoms. The van der Waals surface area contributed by atoms with Crippen molar-refractivity contribution in [3.63, 3.8) is 0 Å². The Morgan fingerprint density at radius 3 is 1.74 bits per heavy atom. The molecule has 0 saturated carbocycles. The minimum atomic E-state index is -0.142. The molecule has 0 atom stereocenters. The zero-order valence-electron chi connectivity index (χ0n) is 44.3. The van der Waals surface area contributed by atoms with Crippen LogP contribution in [0.1, 0.15) is 191 Å². The molecule has 2 aliphatic heterocycles. The highest BCUT2D eigenvalue weighted by molar-refractivity contribution is 6.03. The molecular weight excluding hydrogens is 805 g/mol. The van der Waals surface area contributed by atoms with Crippen LogP contribution in [0.4, 0.5) is 5.69 Å². The van der Waals surface area contributed by atoms with E-state index >= 15 is 0 Å². The number of benzene rings is 4. The highest BCUT2D eigenvalue weighted by atomic mass is 16.7. The number of aliphatic imine (C=N–C) groups is 1. The molecule has 1 amide bonds. The van der Waals surface area contributed by atoms with Crippen molar-refractivity contribution in [2.24, 2.45) is 4.99 Å². The Bertz CT molecular complexity index is 2270.